The van der Waals surface area contributed by atoms with E-state index < -0.39 is 0 Å². The Labute approximate surface area is 128 Å². The predicted octanol–water partition coefficient (Wildman–Crippen LogP) is 4.70. The molecule has 1 saturated heterocycles. The van der Waals surface area contributed by atoms with Crippen LogP contribution in [0.3, 0.4) is 0 Å². The molecule has 19 heavy (non-hydrogen) atoms. The second kappa shape index (κ2) is 5.03. The molecular weight excluding hydrogens is 326 g/mol. The lowest BCUT2D eigenvalue weighted by Crippen LogP contribution is -2.36. The first-order chi connectivity index (χ1) is 8.62. The number of halogens is 2. The molecule has 2 atom stereocenters. The molecule has 2 unspecified atom stereocenters. The van der Waals surface area contributed by atoms with Crippen LogP contribution < -0.4 is 5.73 Å². The van der Waals surface area contributed by atoms with E-state index in [4.69, 9.17) is 22.1 Å². The SMILES string of the molecule is CC1(C)CC(C(N)c2ccc(Cl)cc2Br)C(C)(C)O1. The zero-order chi connectivity index (χ0) is 14.4. The highest BCUT2D eigenvalue weighted by Crippen LogP contribution is 2.47. The molecule has 0 bridgehead atoms. The molecule has 2 nitrogen and oxygen atoms in total. The Morgan fingerprint density at radius 1 is 1.37 bits per heavy atom. The van der Waals surface area contributed by atoms with Gasteiger partial charge in [0.2, 0.25) is 0 Å². The van der Waals surface area contributed by atoms with E-state index in [0.29, 0.717) is 5.02 Å². The van der Waals surface area contributed by atoms with Crippen molar-refractivity contribution in [2.24, 2.45) is 11.7 Å². The molecule has 1 heterocycles. The maximum Gasteiger partial charge on any atom is 0.0680 e. The average molecular weight is 347 g/mol. The van der Waals surface area contributed by atoms with Crippen molar-refractivity contribution in [3.05, 3.63) is 33.3 Å². The van der Waals surface area contributed by atoms with E-state index >= 15 is 0 Å². The van der Waals surface area contributed by atoms with Gasteiger partial charge in [0.1, 0.15) is 0 Å². The normalized spacial score (nSPS) is 26.4. The van der Waals surface area contributed by atoms with Crippen LogP contribution in [0, 0.1) is 5.92 Å². The number of benzene rings is 1. The summed E-state index contributed by atoms with van der Waals surface area (Å²) in [7, 11) is 0. The van der Waals surface area contributed by atoms with Gasteiger partial charge in [-0.3, -0.25) is 0 Å². The summed E-state index contributed by atoms with van der Waals surface area (Å²) in [4.78, 5) is 0. The third-order valence-corrected chi connectivity index (χ3v) is 4.82. The van der Waals surface area contributed by atoms with Crippen LogP contribution in [0.5, 0.6) is 0 Å². The summed E-state index contributed by atoms with van der Waals surface area (Å²) in [6, 6.07) is 5.71. The monoisotopic (exact) mass is 345 g/mol. The van der Waals surface area contributed by atoms with Gasteiger partial charge in [-0.25, -0.2) is 0 Å². The molecule has 0 aliphatic carbocycles. The van der Waals surface area contributed by atoms with Crippen LogP contribution >= 0.6 is 27.5 Å². The van der Waals surface area contributed by atoms with Crippen LogP contribution in [0.15, 0.2) is 22.7 Å². The molecule has 1 aromatic carbocycles. The van der Waals surface area contributed by atoms with E-state index in [1.807, 2.05) is 18.2 Å². The Bertz CT molecular complexity index is 487. The summed E-state index contributed by atoms with van der Waals surface area (Å²) in [5, 5.41) is 0.713. The molecule has 1 aromatic rings. The van der Waals surface area contributed by atoms with Crippen molar-refractivity contribution in [3.63, 3.8) is 0 Å². The fourth-order valence-electron chi connectivity index (χ4n) is 3.15. The minimum absolute atomic E-state index is 0.0663. The van der Waals surface area contributed by atoms with Gasteiger partial charge in [-0.05, 0) is 51.8 Å². The predicted molar refractivity (Wildman–Crippen MR) is 83.4 cm³/mol. The van der Waals surface area contributed by atoms with Crippen LogP contribution in [0.25, 0.3) is 0 Å². The van der Waals surface area contributed by atoms with E-state index in [2.05, 4.69) is 43.6 Å². The van der Waals surface area contributed by atoms with Crippen LogP contribution in [0.4, 0.5) is 0 Å². The van der Waals surface area contributed by atoms with Gasteiger partial charge in [0.25, 0.3) is 0 Å². The zero-order valence-electron chi connectivity index (χ0n) is 11.8. The first-order valence-electron chi connectivity index (χ1n) is 6.53. The van der Waals surface area contributed by atoms with Crippen LogP contribution in [0.2, 0.25) is 5.02 Å². The van der Waals surface area contributed by atoms with Gasteiger partial charge in [0.15, 0.2) is 0 Å². The molecule has 2 N–H and O–H groups in total. The van der Waals surface area contributed by atoms with Gasteiger partial charge in [0.05, 0.1) is 11.2 Å². The van der Waals surface area contributed by atoms with Gasteiger partial charge in [-0.1, -0.05) is 33.6 Å². The van der Waals surface area contributed by atoms with Gasteiger partial charge in [-0.15, -0.1) is 0 Å². The minimum Gasteiger partial charge on any atom is -0.369 e. The first kappa shape index (κ1) is 15.3. The van der Waals surface area contributed by atoms with Crippen LogP contribution in [-0.4, -0.2) is 11.2 Å². The second-order valence-corrected chi connectivity index (χ2v) is 7.76. The highest BCUT2D eigenvalue weighted by atomic mass is 79.9. The lowest BCUT2D eigenvalue weighted by Gasteiger charge is -2.31. The van der Waals surface area contributed by atoms with Crippen molar-refractivity contribution in [1.29, 1.82) is 0 Å². The molecular formula is C15H21BrClNO. The molecule has 106 valence electrons. The lowest BCUT2D eigenvalue weighted by molar-refractivity contribution is -0.0767. The Morgan fingerprint density at radius 2 is 2.00 bits per heavy atom. The third kappa shape index (κ3) is 3.15. The number of nitrogens with two attached hydrogens (primary N) is 1. The molecule has 1 fully saturated rings. The van der Waals surface area contributed by atoms with Crippen molar-refractivity contribution in [2.75, 3.05) is 0 Å². The van der Waals surface area contributed by atoms with Crippen molar-refractivity contribution in [1.82, 2.24) is 0 Å². The van der Waals surface area contributed by atoms with Crippen molar-refractivity contribution >= 4 is 27.5 Å². The highest BCUT2D eigenvalue weighted by Gasteiger charge is 2.48. The molecule has 0 amide bonds. The molecule has 4 heteroatoms. The van der Waals surface area contributed by atoms with Gasteiger partial charge >= 0.3 is 0 Å². The van der Waals surface area contributed by atoms with Crippen molar-refractivity contribution in [3.8, 4) is 0 Å². The standard InChI is InChI=1S/C15H21BrClNO/c1-14(2)8-11(15(3,4)19-14)13(18)10-6-5-9(17)7-12(10)16/h5-7,11,13H,8,18H2,1-4H3. The van der Waals surface area contributed by atoms with E-state index in [9.17, 15) is 0 Å². The summed E-state index contributed by atoms with van der Waals surface area (Å²) in [5.41, 5.74) is 7.24. The Kier molecular flexibility index (Phi) is 4.05. The molecule has 0 saturated carbocycles. The summed E-state index contributed by atoms with van der Waals surface area (Å²) < 4.78 is 7.10. The molecule has 1 aliphatic rings. The molecule has 1 aliphatic heterocycles. The smallest absolute Gasteiger partial charge is 0.0680 e. The fourth-order valence-corrected chi connectivity index (χ4v) is 4.10. The van der Waals surface area contributed by atoms with Crippen LogP contribution in [-0.2, 0) is 4.74 Å². The van der Waals surface area contributed by atoms with Crippen LogP contribution in [0.1, 0.15) is 45.7 Å². The van der Waals surface area contributed by atoms with E-state index in [1.54, 1.807) is 0 Å². The fraction of sp³-hybridized carbons (Fsp3) is 0.600. The van der Waals surface area contributed by atoms with E-state index in [0.717, 1.165) is 16.5 Å². The number of hydrogen-bond donors (Lipinski definition) is 1. The lowest BCUT2D eigenvalue weighted by atomic mass is 9.79. The quantitative estimate of drug-likeness (QED) is 0.842. The Balaban J connectivity index is 2.31. The van der Waals surface area contributed by atoms with Crippen molar-refractivity contribution in [2.45, 2.75) is 51.4 Å². The Morgan fingerprint density at radius 3 is 2.47 bits per heavy atom. The third-order valence-electron chi connectivity index (χ3n) is 3.90. The Hall–Kier alpha value is -0.0900. The average Bonchev–Trinajstić information content (AvgIpc) is 2.45. The number of rotatable bonds is 2. The number of hydrogen-bond acceptors (Lipinski definition) is 2. The van der Waals surface area contributed by atoms with Gasteiger partial charge < -0.3 is 10.5 Å². The molecule has 0 spiro atoms. The van der Waals surface area contributed by atoms with Gasteiger partial charge in [-0.2, -0.15) is 0 Å². The number of ether oxygens (including phenoxy) is 1. The topological polar surface area (TPSA) is 35.2 Å². The summed E-state index contributed by atoms with van der Waals surface area (Å²) >= 11 is 9.54. The maximum absolute atomic E-state index is 6.49. The van der Waals surface area contributed by atoms with E-state index in [-0.39, 0.29) is 23.2 Å². The zero-order valence-corrected chi connectivity index (χ0v) is 14.2. The summed E-state index contributed by atoms with van der Waals surface area (Å²) in [6.45, 7) is 8.49. The minimum atomic E-state index is -0.220. The summed E-state index contributed by atoms with van der Waals surface area (Å²) in [6.07, 6.45) is 0.955. The molecule has 0 radical (unpaired) electrons. The van der Waals surface area contributed by atoms with Crippen molar-refractivity contribution < 1.29 is 4.74 Å². The van der Waals surface area contributed by atoms with Gasteiger partial charge in [0, 0.05) is 21.5 Å². The first-order valence-corrected chi connectivity index (χ1v) is 7.70. The largest absolute Gasteiger partial charge is 0.369 e. The highest BCUT2D eigenvalue weighted by molar-refractivity contribution is 9.10. The van der Waals surface area contributed by atoms with E-state index in [1.165, 1.54) is 0 Å². The summed E-state index contributed by atoms with van der Waals surface area (Å²) in [5.74, 6) is 0.278. The maximum atomic E-state index is 6.49. The molecule has 2 rings (SSSR count). The molecule has 0 aromatic heterocycles. The second-order valence-electron chi connectivity index (χ2n) is 6.47.